The second kappa shape index (κ2) is 10.2. The summed E-state index contributed by atoms with van der Waals surface area (Å²) < 4.78 is 43.2. The number of sulfonamides is 1. The molecule has 0 spiro atoms. The molecule has 36 heavy (non-hydrogen) atoms. The first-order chi connectivity index (χ1) is 17.1. The molecule has 0 aliphatic heterocycles. The number of para-hydroxylation sites is 1. The van der Waals surface area contributed by atoms with Crippen molar-refractivity contribution in [1.29, 1.82) is 0 Å². The fraction of sp³-hybridized carbons (Fsp3) is 0.120. The predicted octanol–water partition coefficient (Wildman–Crippen LogP) is 3.42. The van der Waals surface area contributed by atoms with Crippen LogP contribution in [0.4, 0.5) is 10.1 Å². The van der Waals surface area contributed by atoms with Crippen molar-refractivity contribution >= 4 is 38.7 Å². The van der Waals surface area contributed by atoms with E-state index < -0.39 is 27.4 Å². The number of halogens is 1. The first-order valence-electron chi connectivity index (χ1n) is 10.9. The predicted molar refractivity (Wildman–Crippen MR) is 135 cm³/mol. The molecule has 0 saturated heterocycles. The number of benzene rings is 3. The molecule has 1 unspecified atom stereocenters. The minimum atomic E-state index is -4.03. The molecule has 0 aliphatic carbocycles. The number of rotatable bonds is 7. The van der Waals surface area contributed by atoms with Crippen LogP contribution in [0.25, 0.3) is 10.9 Å². The molecule has 1 atom stereocenters. The summed E-state index contributed by atoms with van der Waals surface area (Å²) in [7, 11) is -4.03. The highest BCUT2D eigenvalue weighted by Gasteiger charge is 2.23. The molecular weight excluding hydrogens is 485 g/mol. The van der Waals surface area contributed by atoms with E-state index in [2.05, 4.69) is 20.1 Å². The summed E-state index contributed by atoms with van der Waals surface area (Å²) in [5.41, 5.74) is 0.731. The summed E-state index contributed by atoms with van der Waals surface area (Å²) >= 11 is 0. The van der Waals surface area contributed by atoms with Gasteiger partial charge in [-0.3, -0.25) is 9.59 Å². The monoisotopic (exact) mass is 507 g/mol. The van der Waals surface area contributed by atoms with E-state index in [0.29, 0.717) is 22.2 Å². The molecule has 0 fully saturated rings. The lowest BCUT2D eigenvalue weighted by Crippen LogP contribution is -2.32. The fourth-order valence-corrected chi connectivity index (χ4v) is 4.72. The van der Waals surface area contributed by atoms with Gasteiger partial charge in [0.1, 0.15) is 5.82 Å². The molecule has 0 saturated carbocycles. The van der Waals surface area contributed by atoms with Gasteiger partial charge in [0.25, 0.3) is 5.56 Å². The van der Waals surface area contributed by atoms with E-state index in [4.69, 9.17) is 0 Å². The Kier molecular flexibility index (Phi) is 7.04. The van der Waals surface area contributed by atoms with Gasteiger partial charge in [0.05, 0.1) is 28.1 Å². The van der Waals surface area contributed by atoms with Crippen molar-refractivity contribution in [3.63, 3.8) is 0 Å². The Morgan fingerprint density at radius 3 is 2.50 bits per heavy atom. The maximum atomic E-state index is 13.6. The molecular formula is C25H22FN5O4S. The number of amides is 1. The van der Waals surface area contributed by atoms with Gasteiger partial charge in [0, 0.05) is 12.6 Å². The maximum absolute atomic E-state index is 13.6. The SMILES string of the molecule is CC(=O)Nc1ccc(S(=O)(=O)NC(C)c2nc3ccccc3c(=O)n2/N=C/c2cccc(F)c2)cc1. The van der Waals surface area contributed by atoms with E-state index in [0.717, 1.165) is 4.68 Å². The third kappa shape index (κ3) is 5.53. The molecule has 0 bridgehead atoms. The molecule has 1 aromatic heterocycles. The van der Waals surface area contributed by atoms with Crippen LogP contribution >= 0.6 is 0 Å². The van der Waals surface area contributed by atoms with Crippen molar-refractivity contribution in [2.45, 2.75) is 24.8 Å². The Labute approximate surface area is 206 Å². The normalized spacial score (nSPS) is 12.6. The van der Waals surface area contributed by atoms with Crippen LogP contribution in [0.3, 0.4) is 0 Å². The molecule has 4 aromatic rings. The average molecular weight is 508 g/mol. The zero-order chi connectivity index (χ0) is 25.9. The van der Waals surface area contributed by atoms with E-state index >= 15 is 0 Å². The van der Waals surface area contributed by atoms with Crippen LogP contribution in [0, 0.1) is 5.82 Å². The quantitative estimate of drug-likeness (QED) is 0.371. The molecule has 11 heteroatoms. The lowest BCUT2D eigenvalue weighted by Gasteiger charge is -2.17. The van der Waals surface area contributed by atoms with Crippen LogP contribution in [0.1, 0.15) is 31.3 Å². The summed E-state index contributed by atoms with van der Waals surface area (Å²) in [5.74, 6) is -0.699. The van der Waals surface area contributed by atoms with Crippen molar-refractivity contribution in [2.75, 3.05) is 5.32 Å². The number of nitrogens with one attached hydrogen (secondary N) is 2. The van der Waals surface area contributed by atoms with Gasteiger partial charge >= 0.3 is 0 Å². The Morgan fingerprint density at radius 1 is 1.08 bits per heavy atom. The number of carbonyl (C=O) groups excluding carboxylic acids is 1. The zero-order valence-corrected chi connectivity index (χ0v) is 20.2. The number of carbonyl (C=O) groups is 1. The highest BCUT2D eigenvalue weighted by Crippen LogP contribution is 2.19. The summed E-state index contributed by atoms with van der Waals surface area (Å²) in [4.78, 5) is 28.9. The van der Waals surface area contributed by atoms with Crippen molar-refractivity contribution in [3.05, 3.63) is 100 Å². The van der Waals surface area contributed by atoms with Gasteiger partial charge in [0.15, 0.2) is 5.82 Å². The van der Waals surface area contributed by atoms with Gasteiger partial charge in [-0.2, -0.15) is 9.78 Å². The van der Waals surface area contributed by atoms with Gasteiger partial charge in [0.2, 0.25) is 15.9 Å². The molecule has 184 valence electrons. The Balaban J connectivity index is 1.72. The van der Waals surface area contributed by atoms with Crippen LogP contribution in [0.2, 0.25) is 0 Å². The van der Waals surface area contributed by atoms with Crippen molar-refractivity contribution in [2.24, 2.45) is 5.10 Å². The van der Waals surface area contributed by atoms with E-state index in [1.807, 2.05) is 0 Å². The Hall–Kier alpha value is -4.22. The van der Waals surface area contributed by atoms with E-state index in [-0.39, 0.29) is 16.6 Å². The lowest BCUT2D eigenvalue weighted by molar-refractivity contribution is -0.114. The number of fused-ring (bicyclic) bond motifs is 1. The molecule has 4 rings (SSSR count). The number of hydrogen-bond acceptors (Lipinski definition) is 6. The Morgan fingerprint density at radius 2 is 1.81 bits per heavy atom. The zero-order valence-electron chi connectivity index (χ0n) is 19.3. The van der Waals surface area contributed by atoms with Gasteiger partial charge in [-0.25, -0.2) is 22.5 Å². The van der Waals surface area contributed by atoms with E-state index in [9.17, 15) is 22.4 Å². The molecule has 3 aromatic carbocycles. The summed E-state index contributed by atoms with van der Waals surface area (Å²) in [5, 5.41) is 7.07. The Bertz CT molecular complexity index is 1630. The molecule has 1 heterocycles. The molecule has 0 radical (unpaired) electrons. The van der Waals surface area contributed by atoms with Crippen molar-refractivity contribution < 1.29 is 17.6 Å². The van der Waals surface area contributed by atoms with Gasteiger partial charge in [-0.15, -0.1) is 0 Å². The smallest absolute Gasteiger partial charge is 0.282 e. The molecule has 2 N–H and O–H groups in total. The summed E-state index contributed by atoms with van der Waals surface area (Å²) in [6.07, 6.45) is 1.30. The highest BCUT2D eigenvalue weighted by molar-refractivity contribution is 7.89. The summed E-state index contributed by atoms with van der Waals surface area (Å²) in [6, 6.07) is 17.0. The van der Waals surface area contributed by atoms with Crippen molar-refractivity contribution in [3.8, 4) is 0 Å². The minimum Gasteiger partial charge on any atom is -0.326 e. The molecule has 0 aliphatic rings. The maximum Gasteiger partial charge on any atom is 0.282 e. The second-order valence-corrected chi connectivity index (χ2v) is 9.67. The van der Waals surface area contributed by atoms with Crippen LogP contribution in [-0.4, -0.2) is 30.2 Å². The van der Waals surface area contributed by atoms with Crippen LogP contribution < -0.4 is 15.6 Å². The summed E-state index contributed by atoms with van der Waals surface area (Å²) in [6.45, 7) is 2.88. The van der Waals surface area contributed by atoms with Crippen LogP contribution in [-0.2, 0) is 14.8 Å². The van der Waals surface area contributed by atoms with Crippen molar-refractivity contribution in [1.82, 2.24) is 14.4 Å². The largest absolute Gasteiger partial charge is 0.326 e. The van der Waals surface area contributed by atoms with E-state index in [1.54, 1.807) is 30.3 Å². The lowest BCUT2D eigenvalue weighted by atomic mass is 10.2. The number of aromatic nitrogens is 2. The standard InChI is InChI=1S/C25H22FN5O4S/c1-16(30-36(34,35)21-12-10-20(11-13-21)28-17(2)32)24-29-23-9-4-3-8-22(23)25(33)31(24)27-15-18-6-5-7-19(26)14-18/h3-16,30H,1-2H3,(H,28,32)/b27-15+. The van der Waals surface area contributed by atoms with Crippen LogP contribution in [0.5, 0.6) is 0 Å². The molecule has 1 amide bonds. The van der Waals surface area contributed by atoms with Gasteiger partial charge in [-0.05, 0) is 61.0 Å². The molecule has 9 nitrogen and oxygen atoms in total. The average Bonchev–Trinajstić information content (AvgIpc) is 2.83. The second-order valence-electron chi connectivity index (χ2n) is 7.95. The first kappa shape index (κ1) is 24.9. The number of anilines is 1. The van der Waals surface area contributed by atoms with Crippen LogP contribution in [0.15, 0.2) is 87.6 Å². The number of nitrogens with zero attached hydrogens (tertiary/aromatic N) is 3. The number of hydrogen-bond donors (Lipinski definition) is 2. The van der Waals surface area contributed by atoms with E-state index in [1.165, 1.54) is 62.5 Å². The third-order valence-corrected chi connectivity index (χ3v) is 6.71. The first-order valence-corrected chi connectivity index (χ1v) is 12.3. The van der Waals surface area contributed by atoms with Gasteiger partial charge in [-0.1, -0.05) is 24.3 Å². The fourth-order valence-electron chi connectivity index (χ4n) is 3.52. The minimum absolute atomic E-state index is 0.0404. The highest BCUT2D eigenvalue weighted by atomic mass is 32.2. The topological polar surface area (TPSA) is 123 Å². The van der Waals surface area contributed by atoms with Gasteiger partial charge < -0.3 is 5.32 Å². The third-order valence-electron chi connectivity index (χ3n) is 5.15.